The molecule has 0 saturated carbocycles. The van der Waals surface area contributed by atoms with Crippen LogP contribution in [0.5, 0.6) is 5.75 Å². The molecule has 0 amide bonds. The first-order valence-corrected chi connectivity index (χ1v) is 10.7. The smallest absolute Gasteiger partial charge is 0.419 e. The molecule has 2 unspecified atom stereocenters. The van der Waals surface area contributed by atoms with Crippen molar-refractivity contribution in [1.29, 1.82) is 0 Å². The molecule has 1 saturated heterocycles. The summed E-state index contributed by atoms with van der Waals surface area (Å²) in [6.45, 7) is 4.46. The minimum atomic E-state index is -4.81. The lowest BCUT2D eigenvalue weighted by atomic mass is 9.86. The second-order valence-corrected chi connectivity index (χ2v) is 7.72. The molecular weight excluding hydrogens is 408 g/mol. The van der Waals surface area contributed by atoms with Gasteiger partial charge in [0.05, 0.1) is 24.9 Å². The quantitative estimate of drug-likeness (QED) is 0.330. The van der Waals surface area contributed by atoms with Gasteiger partial charge in [0.25, 0.3) is 0 Å². The topological polar surface area (TPSA) is 18.5 Å². The summed E-state index contributed by atoms with van der Waals surface area (Å²) in [5, 5.41) is 0. The highest BCUT2D eigenvalue weighted by Crippen LogP contribution is 2.43. The van der Waals surface area contributed by atoms with Gasteiger partial charge in [0.2, 0.25) is 0 Å². The molecule has 0 radical (unpaired) electrons. The SMILES string of the molecule is CC=CCCC1CCC(c2ccc(-c3ccc(OCC)cc3)c(C(F)(F)F)c2F)CO1. The predicted octanol–water partition coefficient (Wildman–Crippen LogP) is 7.53. The normalized spacial score (nSPS) is 19.7. The number of allylic oxidation sites excluding steroid dienone is 2. The molecule has 2 nitrogen and oxygen atoms in total. The van der Waals surface area contributed by atoms with Crippen molar-refractivity contribution in [2.45, 2.75) is 57.7 Å². The summed E-state index contributed by atoms with van der Waals surface area (Å²) in [4.78, 5) is 0. The monoisotopic (exact) mass is 436 g/mol. The average Bonchev–Trinajstić information content (AvgIpc) is 2.74. The van der Waals surface area contributed by atoms with Crippen LogP contribution in [-0.4, -0.2) is 19.3 Å². The molecule has 168 valence electrons. The molecule has 0 N–H and O–H groups in total. The molecule has 0 aromatic heterocycles. The van der Waals surface area contributed by atoms with E-state index >= 15 is 4.39 Å². The van der Waals surface area contributed by atoms with E-state index in [1.807, 2.05) is 19.9 Å². The van der Waals surface area contributed by atoms with Gasteiger partial charge < -0.3 is 9.47 Å². The lowest BCUT2D eigenvalue weighted by Crippen LogP contribution is -2.26. The molecule has 2 aromatic rings. The summed E-state index contributed by atoms with van der Waals surface area (Å²) in [5.41, 5.74) is -1.01. The Morgan fingerprint density at radius 2 is 1.84 bits per heavy atom. The van der Waals surface area contributed by atoms with Gasteiger partial charge in [-0.05, 0) is 68.4 Å². The standard InChI is InChI=1S/C25H28F4O2/c1-3-5-6-7-19-13-10-18(16-31-19)22-15-14-21(23(24(22)26)25(27,28)29)17-8-11-20(12-9-17)30-4-2/h3,5,8-9,11-12,14-15,18-19H,4,6-7,10,13,16H2,1-2H3. The number of alkyl halides is 3. The minimum Gasteiger partial charge on any atom is -0.494 e. The fraction of sp³-hybridized carbons (Fsp3) is 0.440. The number of hydrogen-bond acceptors (Lipinski definition) is 2. The van der Waals surface area contributed by atoms with Crippen LogP contribution >= 0.6 is 0 Å². The molecule has 0 aliphatic carbocycles. The maximum atomic E-state index is 15.2. The predicted molar refractivity (Wildman–Crippen MR) is 114 cm³/mol. The Hall–Kier alpha value is -2.34. The number of ether oxygens (including phenoxy) is 2. The van der Waals surface area contributed by atoms with Crippen LogP contribution in [0, 0.1) is 5.82 Å². The maximum Gasteiger partial charge on any atom is 0.419 e. The van der Waals surface area contributed by atoms with Gasteiger partial charge in [0.1, 0.15) is 11.6 Å². The molecular formula is C25H28F4O2. The van der Waals surface area contributed by atoms with Gasteiger partial charge in [0, 0.05) is 5.92 Å². The molecule has 1 fully saturated rings. The lowest BCUT2D eigenvalue weighted by Gasteiger charge is -2.30. The molecule has 1 aliphatic rings. The maximum absolute atomic E-state index is 15.2. The Morgan fingerprint density at radius 1 is 1.10 bits per heavy atom. The van der Waals surface area contributed by atoms with Crippen LogP contribution in [0.1, 0.15) is 56.6 Å². The fourth-order valence-corrected chi connectivity index (χ4v) is 4.05. The van der Waals surface area contributed by atoms with E-state index in [1.165, 1.54) is 24.3 Å². The second-order valence-electron chi connectivity index (χ2n) is 7.72. The van der Waals surface area contributed by atoms with Crippen LogP contribution in [0.4, 0.5) is 17.6 Å². The van der Waals surface area contributed by atoms with Crippen LogP contribution in [0.2, 0.25) is 0 Å². The summed E-state index contributed by atoms with van der Waals surface area (Å²) < 4.78 is 68.0. The molecule has 6 heteroatoms. The van der Waals surface area contributed by atoms with Gasteiger partial charge in [-0.1, -0.05) is 36.4 Å². The zero-order chi connectivity index (χ0) is 22.4. The minimum absolute atomic E-state index is 0.0701. The van der Waals surface area contributed by atoms with Gasteiger partial charge in [-0.2, -0.15) is 13.2 Å². The van der Waals surface area contributed by atoms with Gasteiger partial charge in [-0.15, -0.1) is 0 Å². The van der Waals surface area contributed by atoms with Gasteiger partial charge in [-0.25, -0.2) is 4.39 Å². The summed E-state index contributed by atoms with van der Waals surface area (Å²) >= 11 is 0. The Morgan fingerprint density at radius 3 is 2.42 bits per heavy atom. The highest BCUT2D eigenvalue weighted by molar-refractivity contribution is 5.69. The average molecular weight is 436 g/mol. The molecule has 1 aliphatic heterocycles. The van der Waals surface area contributed by atoms with Crippen molar-refractivity contribution in [3.8, 4) is 16.9 Å². The third-order valence-corrected chi connectivity index (χ3v) is 5.63. The summed E-state index contributed by atoms with van der Waals surface area (Å²) in [7, 11) is 0. The van der Waals surface area contributed by atoms with E-state index in [9.17, 15) is 13.2 Å². The highest BCUT2D eigenvalue weighted by atomic mass is 19.4. The van der Waals surface area contributed by atoms with E-state index in [4.69, 9.17) is 9.47 Å². The van der Waals surface area contributed by atoms with Crippen molar-refractivity contribution >= 4 is 0 Å². The lowest BCUT2D eigenvalue weighted by molar-refractivity contribution is -0.139. The summed E-state index contributed by atoms with van der Waals surface area (Å²) in [5.74, 6) is -1.02. The fourth-order valence-electron chi connectivity index (χ4n) is 4.05. The molecule has 2 aromatic carbocycles. The van der Waals surface area contributed by atoms with E-state index in [0.717, 1.165) is 12.8 Å². The second kappa shape index (κ2) is 10.3. The van der Waals surface area contributed by atoms with Crippen LogP contribution in [-0.2, 0) is 10.9 Å². The zero-order valence-electron chi connectivity index (χ0n) is 17.8. The van der Waals surface area contributed by atoms with E-state index in [1.54, 1.807) is 12.1 Å². The van der Waals surface area contributed by atoms with Crippen LogP contribution in [0.15, 0.2) is 48.6 Å². The first-order valence-electron chi connectivity index (χ1n) is 10.7. The molecule has 1 heterocycles. The van der Waals surface area contributed by atoms with Gasteiger partial charge >= 0.3 is 6.18 Å². The van der Waals surface area contributed by atoms with Crippen molar-refractivity contribution in [3.63, 3.8) is 0 Å². The number of benzene rings is 2. The first-order chi connectivity index (χ1) is 14.8. The summed E-state index contributed by atoms with van der Waals surface area (Å²) in [6.07, 6.45) is 2.38. The van der Waals surface area contributed by atoms with Gasteiger partial charge in [-0.3, -0.25) is 0 Å². The van der Waals surface area contributed by atoms with Crippen molar-refractivity contribution in [1.82, 2.24) is 0 Å². The first kappa shape index (κ1) is 23.3. The Balaban J connectivity index is 1.86. The van der Waals surface area contributed by atoms with Gasteiger partial charge in [0.15, 0.2) is 0 Å². The number of hydrogen-bond donors (Lipinski definition) is 0. The molecule has 31 heavy (non-hydrogen) atoms. The molecule has 2 atom stereocenters. The van der Waals surface area contributed by atoms with E-state index in [-0.39, 0.29) is 29.8 Å². The Kier molecular flexibility index (Phi) is 7.76. The van der Waals surface area contributed by atoms with Crippen LogP contribution in [0.25, 0.3) is 11.1 Å². The third-order valence-electron chi connectivity index (χ3n) is 5.63. The van der Waals surface area contributed by atoms with Crippen molar-refractivity contribution in [3.05, 3.63) is 65.5 Å². The molecule has 3 rings (SSSR count). The molecule has 0 bridgehead atoms. The Labute approximate surface area is 180 Å². The van der Waals surface area contributed by atoms with Crippen LogP contribution in [0.3, 0.4) is 0 Å². The van der Waals surface area contributed by atoms with E-state index in [0.29, 0.717) is 30.8 Å². The summed E-state index contributed by atoms with van der Waals surface area (Å²) in [6, 6.07) is 9.07. The molecule has 0 spiro atoms. The number of halogens is 4. The number of rotatable bonds is 7. The zero-order valence-corrected chi connectivity index (χ0v) is 17.8. The van der Waals surface area contributed by atoms with Crippen molar-refractivity contribution < 1.29 is 27.0 Å². The third kappa shape index (κ3) is 5.67. The van der Waals surface area contributed by atoms with E-state index < -0.39 is 17.6 Å². The van der Waals surface area contributed by atoms with Crippen LogP contribution < -0.4 is 4.74 Å². The Bertz CT molecular complexity index is 880. The highest BCUT2D eigenvalue weighted by Gasteiger charge is 2.39. The largest absolute Gasteiger partial charge is 0.494 e. The van der Waals surface area contributed by atoms with E-state index in [2.05, 4.69) is 6.08 Å². The van der Waals surface area contributed by atoms with Crippen molar-refractivity contribution in [2.24, 2.45) is 0 Å². The van der Waals surface area contributed by atoms with Crippen molar-refractivity contribution in [2.75, 3.05) is 13.2 Å².